The lowest BCUT2D eigenvalue weighted by Crippen LogP contribution is -2.28. The summed E-state index contributed by atoms with van der Waals surface area (Å²) in [6.45, 7) is 8.01. The summed E-state index contributed by atoms with van der Waals surface area (Å²) < 4.78 is 11.4. The summed E-state index contributed by atoms with van der Waals surface area (Å²) in [7, 11) is 0. The number of hydrogen-bond acceptors (Lipinski definition) is 5. The Labute approximate surface area is 121 Å². The van der Waals surface area contributed by atoms with Crippen LogP contribution in [0.25, 0.3) is 0 Å². The van der Waals surface area contributed by atoms with E-state index in [-0.39, 0.29) is 5.60 Å². The molecule has 5 heteroatoms. The Morgan fingerprint density at radius 3 is 2.75 bits per heavy atom. The summed E-state index contributed by atoms with van der Waals surface area (Å²) in [4.78, 5) is 4.58. The average molecular weight is 281 g/mol. The van der Waals surface area contributed by atoms with Gasteiger partial charge in [-0.2, -0.15) is 4.98 Å². The molecule has 1 unspecified atom stereocenters. The van der Waals surface area contributed by atoms with Crippen molar-refractivity contribution in [2.75, 3.05) is 13.2 Å². The average Bonchev–Trinajstić information content (AvgIpc) is 3.06. The summed E-state index contributed by atoms with van der Waals surface area (Å²) in [6.07, 6.45) is 6.21. The number of hydrogen-bond donors (Lipinski definition) is 1. The van der Waals surface area contributed by atoms with Gasteiger partial charge in [0, 0.05) is 19.1 Å². The van der Waals surface area contributed by atoms with Crippen molar-refractivity contribution < 1.29 is 9.26 Å². The number of nitrogens with zero attached hydrogens (tertiary/aromatic N) is 2. The number of aryl methyl sites for hydroxylation is 1. The summed E-state index contributed by atoms with van der Waals surface area (Å²) in [5.41, 5.74) is -0.288. The first-order chi connectivity index (χ1) is 9.70. The van der Waals surface area contributed by atoms with Gasteiger partial charge in [-0.05, 0) is 52.5 Å². The predicted octanol–water partition coefficient (Wildman–Crippen LogP) is 2.81. The molecule has 20 heavy (non-hydrogen) atoms. The van der Waals surface area contributed by atoms with E-state index in [1.165, 1.54) is 12.8 Å². The zero-order valence-corrected chi connectivity index (χ0v) is 12.9. The van der Waals surface area contributed by atoms with Crippen LogP contribution in [0, 0.1) is 0 Å². The molecule has 1 atom stereocenters. The molecule has 1 aromatic rings. The number of ether oxygens (including phenoxy) is 1. The Hall–Kier alpha value is -0.940. The topological polar surface area (TPSA) is 60.2 Å². The van der Waals surface area contributed by atoms with Crippen molar-refractivity contribution in [1.29, 1.82) is 0 Å². The first kappa shape index (κ1) is 15.4. The monoisotopic (exact) mass is 281 g/mol. The van der Waals surface area contributed by atoms with Gasteiger partial charge in [-0.3, -0.25) is 0 Å². The molecule has 5 nitrogen and oxygen atoms in total. The standard InChI is InChI=1S/C15H27N3O2/c1-4-16-12(3)8-9-13-17-14(18-20-13)15(19-5-2)10-6-7-11-15/h12,16H,4-11H2,1-3H3. The van der Waals surface area contributed by atoms with Gasteiger partial charge >= 0.3 is 0 Å². The largest absolute Gasteiger partial charge is 0.367 e. The van der Waals surface area contributed by atoms with Gasteiger partial charge in [0.15, 0.2) is 0 Å². The summed E-state index contributed by atoms with van der Waals surface area (Å²) in [6, 6.07) is 0.475. The predicted molar refractivity (Wildman–Crippen MR) is 77.5 cm³/mol. The summed E-state index contributed by atoms with van der Waals surface area (Å²) >= 11 is 0. The van der Waals surface area contributed by atoms with E-state index in [4.69, 9.17) is 9.26 Å². The maximum atomic E-state index is 5.96. The Morgan fingerprint density at radius 1 is 1.35 bits per heavy atom. The zero-order chi connectivity index (χ0) is 14.4. The normalized spacial score (nSPS) is 19.4. The van der Waals surface area contributed by atoms with Crippen LogP contribution in [0.15, 0.2) is 4.52 Å². The Kier molecular flexibility index (Phi) is 5.54. The molecule has 1 heterocycles. The second kappa shape index (κ2) is 7.18. The van der Waals surface area contributed by atoms with Crippen LogP contribution in [-0.2, 0) is 16.8 Å². The van der Waals surface area contributed by atoms with E-state index in [2.05, 4.69) is 29.3 Å². The SMILES string of the molecule is CCNC(C)CCc1nc(C2(OCC)CCCC2)no1. The fourth-order valence-electron chi connectivity index (χ4n) is 2.99. The highest BCUT2D eigenvalue weighted by Crippen LogP contribution is 2.40. The highest BCUT2D eigenvalue weighted by Gasteiger charge is 2.40. The van der Waals surface area contributed by atoms with Crippen LogP contribution in [0.2, 0.25) is 0 Å². The van der Waals surface area contributed by atoms with E-state index in [9.17, 15) is 0 Å². The molecule has 1 aliphatic carbocycles. The molecule has 1 saturated carbocycles. The van der Waals surface area contributed by atoms with E-state index in [0.717, 1.165) is 43.9 Å². The minimum atomic E-state index is -0.288. The van der Waals surface area contributed by atoms with Gasteiger partial charge in [0.1, 0.15) is 5.60 Å². The van der Waals surface area contributed by atoms with E-state index in [1.54, 1.807) is 0 Å². The second-order valence-corrected chi connectivity index (χ2v) is 5.64. The Bertz CT molecular complexity index is 400. The molecule has 0 radical (unpaired) electrons. The van der Waals surface area contributed by atoms with E-state index < -0.39 is 0 Å². The van der Waals surface area contributed by atoms with Crippen LogP contribution in [0.4, 0.5) is 0 Å². The van der Waals surface area contributed by atoms with E-state index in [1.807, 2.05) is 6.92 Å². The van der Waals surface area contributed by atoms with Crippen LogP contribution < -0.4 is 5.32 Å². The van der Waals surface area contributed by atoms with Gasteiger partial charge in [0.05, 0.1) is 0 Å². The highest BCUT2D eigenvalue weighted by atomic mass is 16.5. The van der Waals surface area contributed by atoms with Crippen LogP contribution >= 0.6 is 0 Å². The molecule has 1 N–H and O–H groups in total. The number of nitrogens with one attached hydrogen (secondary N) is 1. The van der Waals surface area contributed by atoms with E-state index in [0.29, 0.717) is 12.6 Å². The quantitative estimate of drug-likeness (QED) is 0.794. The molecule has 0 bridgehead atoms. The van der Waals surface area contributed by atoms with Crippen molar-refractivity contribution in [3.63, 3.8) is 0 Å². The third kappa shape index (κ3) is 3.58. The van der Waals surface area contributed by atoms with Gasteiger partial charge in [0.25, 0.3) is 0 Å². The molecule has 0 aromatic carbocycles. The molecule has 0 aliphatic heterocycles. The molecule has 114 valence electrons. The lowest BCUT2D eigenvalue weighted by atomic mass is 10.0. The molecule has 0 amide bonds. The van der Waals surface area contributed by atoms with Gasteiger partial charge in [-0.1, -0.05) is 12.1 Å². The van der Waals surface area contributed by atoms with Crippen molar-refractivity contribution in [2.45, 2.75) is 70.9 Å². The highest BCUT2D eigenvalue weighted by molar-refractivity contribution is 5.04. The summed E-state index contributed by atoms with van der Waals surface area (Å²) in [5, 5.41) is 7.57. The van der Waals surface area contributed by atoms with Gasteiger partial charge in [-0.15, -0.1) is 0 Å². The fourth-order valence-corrected chi connectivity index (χ4v) is 2.99. The van der Waals surface area contributed by atoms with Crippen molar-refractivity contribution in [3.8, 4) is 0 Å². The molecule has 1 aliphatic rings. The van der Waals surface area contributed by atoms with Crippen molar-refractivity contribution >= 4 is 0 Å². The van der Waals surface area contributed by atoms with Crippen molar-refractivity contribution in [2.24, 2.45) is 0 Å². The maximum absolute atomic E-state index is 5.96. The molecule has 1 aromatic heterocycles. The van der Waals surface area contributed by atoms with Gasteiger partial charge in [0.2, 0.25) is 11.7 Å². The first-order valence-corrected chi connectivity index (χ1v) is 7.90. The molecular formula is C15H27N3O2. The first-order valence-electron chi connectivity index (χ1n) is 7.90. The fraction of sp³-hybridized carbons (Fsp3) is 0.867. The molecule has 0 spiro atoms. The molecule has 0 saturated heterocycles. The van der Waals surface area contributed by atoms with Gasteiger partial charge < -0.3 is 14.6 Å². The summed E-state index contributed by atoms with van der Waals surface area (Å²) in [5.74, 6) is 1.48. The smallest absolute Gasteiger partial charge is 0.226 e. The number of rotatable bonds is 8. The third-order valence-corrected chi connectivity index (χ3v) is 4.05. The molecule has 1 fully saturated rings. The molecule has 2 rings (SSSR count). The zero-order valence-electron chi connectivity index (χ0n) is 12.9. The lowest BCUT2D eigenvalue weighted by molar-refractivity contribution is -0.0469. The minimum absolute atomic E-state index is 0.288. The second-order valence-electron chi connectivity index (χ2n) is 5.64. The minimum Gasteiger partial charge on any atom is -0.367 e. The van der Waals surface area contributed by atoms with Crippen LogP contribution in [0.5, 0.6) is 0 Å². The van der Waals surface area contributed by atoms with Gasteiger partial charge in [-0.25, -0.2) is 0 Å². The van der Waals surface area contributed by atoms with Crippen molar-refractivity contribution in [1.82, 2.24) is 15.5 Å². The maximum Gasteiger partial charge on any atom is 0.226 e. The third-order valence-electron chi connectivity index (χ3n) is 4.05. The van der Waals surface area contributed by atoms with Crippen LogP contribution in [0.1, 0.15) is 64.6 Å². The molecular weight excluding hydrogens is 254 g/mol. The number of aromatic nitrogens is 2. The Balaban J connectivity index is 1.97. The lowest BCUT2D eigenvalue weighted by Gasteiger charge is -2.24. The van der Waals surface area contributed by atoms with Crippen molar-refractivity contribution in [3.05, 3.63) is 11.7 Å². The van der Waals surface area contributed by atoms with Crippen LogP contribution in [0.3, 0.4) is 0 Å². The Morgan fingerprint density at radius 2 is 2.10 bits per heavy atom. The van der Waals surface area contributed by atoms with Crippen LogP contribution in [-0.4, -0.2) is 29.3 Å². The van der Waals surface area contributed by atoms with E-state index >= 15 is 0 Å².